The fourth-order valence-electron chi connectivity index (χ4n) is 3.73. The van der Waals surface area contributed by atoms with Gasteiger partial charge in [-0.05, 0) is 57.4 Å². The molecule has 1 saturated carbocycles. The molecule has 0 spiro atoms. The van der Waals surface area contributed by atoms with Crippen LogP contribution in [0.4, 0.5) is 4.79 Å². The minimum absolute atomic E-state index is 0.184. The summed E-state index contributed by atoms with van der Waals surface area (Å²) in [6.45, 7) is 6.98. The van der Waals surface area contributed by atoms with E-state index in [1.54, 1.807) is 11.8 Å². The van der Waals surface area contributed by atoms with E-state index < -0.39 is 12.1 Å². The first-order chi connectivity index (χ1) is 14.3. The number of amides is 2. The van der Waals surface area contributed by atoms with Crippen LogP contribution in [0.3, 0.4) is 0 Å². The van der Waals surface area contributed by atoms with E-state index in [1.807, 2.05) is 24.3 Å². The second-order valence-corrected chi connectivity index (χ2v) is 8.18. The zero-order chi connectivity index (χ0) is 21.7. The number of hydrogen-bond donors (Lipinski definition) is 2. The van der Waals surface area contributed by atoms with Gasteiger partial charge < -0.3 is 20.1 Å². The Balaban J connectivity index is 1.36. The Labute approximate surface area is 177 Å². The molecule has 2 aliphatic rings. The summed E-state index contributed by atoms with van der Waals surface area (Å²) in [5.74, 6) is 1.05. The largest absolute Gasteiger partial charge is 0.494 e. The van der Waals surface area contributed by atoms with Crippen LogP contribution in [0, 0.1) is 5.92 Å². The lowest BCUT2D eigenvalue weighted by atomic mass is 10.1. The number of ketones is 1. The van der Waals surface area contributed by atoms with Crippen molar-refractivity contribution in [3.63, 3.8) is 0 Å². The molecule has 0 bridgehead atoms. The van der Waals surface area contributed by atoms with Gasteiger partial charge in [-0.1, -0.05) is 0 Å². The molecule has 0 radical (unpaired) electrons. The van der Waals surface area contributed by atoms with Crippen molar-refractivity contribution in [1.82, 2.24) is 15.1 Å². The third kappa shape index (κ3) is 5.95. The van der Waals surface area contributed by atoms with Gasteiger partial charge in [0.2, 0.25) is 5.91 Å². The highest BCUT2D eigenvalue weighted by Crippen LogP contribution is 2.32. The predicted octanol–water partition coefficient (Wildman–Crippen LogP) is 2.24. The van der Waals surface area contributed by atoms with Gasteiger partial charge in [-0.3, -0.25) is 14.5 Å². The second kappa shape index (κ2) is 9.93. The molecule has 30 heavy (non-hydrogen) atoms. The number of nitrogens with one attached hydrogen (secondary N) is 1. The maximum absolute atomic E-state index is 12.3. The second-order valence-electron chi connectivity index (χ2n) is 8.18. The van der Waals surface area contributed by atoms with Crippen LogP contribution in [-0.2, 0) is 4.79 Å². The number of benzene rings is 1. The normalized spacial score (nSPS) is 19.1. The Hall–Kier alpha value is -2.61. The standard InChI is InChI=1S/C22H31N3O5/c1-15(24-10-12-25(13-11-24)21(27)16(2)23-22(28)29)9-14-30-19-7-5-18(6-8-19)20(26)17-3-4-17/h5-8,15-17,23H,3-4,9-14H2,1-2H3,(H,28,29)/t15-,16-/m1/s1. The fourth-order valence-corrected chi connectivity index (χ4v) is 3.73. The lowest BCUT2D eigenvalue weighted by Crippen LogP contribution is -2.55. The molecular formula is C22H31N3O5. The molecule has 8 heteroatoms. The summed E-state index contributed by atoms with van der Waals surface area (Å²) in [5, 5.41) is 11.0. The van der Waals surface area contributed by atoms with Gasteiger partial charge >= 0.3 is 6.09 Å². The number of piperazine rings is 1. The minimum atomic E-state index is -1.19. The first-order valence-corrected chi connectivity index (χ1v) is 10.6. The summed E-state index contributed by atoms with van der Waals surface area (Å²) in [7, 11) is 0. The quantitative estimate of drug-likeness (QED) is 0.598. The van der Waals surface area contributed by atoms with Gasteiger partial charge in [0.05, 0.1) is 6.61 Å². The number of carboxylic acid groups (broad SMARTS) is 1. The van der Waals surface area contributed by atoms with Crippen LogP contribution in [-0.4, -0.2) is 77.6 Å². The van der Waals surface area contributed by atoms with Crippen LogP contribution in [0.15, 0.2) is 24.3 Å². The lowest BCUT2D eigenvalue weighted by Gasteiger charge is -2.38. The van der Waals surface area contributed by atoms with Gasteiger partial charge in [0.15, 0.2) is 5.78 Å². The Morgan fingerprint density at radius 2 is 1.73 bits per heavy atom. The molecular weight excluding hydrogens is 386 g/mol. The van der Waals surface area contributed by atoms with E-state index in [-0.39, 0.29) is 17.6 Å². The average Bonchev–Trinajstić information content (AvgIpc) is 3.58. The van der Waals surface area contributed by atoms with Crippen LogP contribution in [0.2, 0.25) is 0 Å². The minimum Gasteiger partial charge on any atom is -0.494 e. The van der Waals surface area contributed by atoms with Crippen LogP contribution < -0.4 is 10.1 Å². The molecule has 2 fully saturated rings. The summed E-state index contributed by atoms with van der Waals surface area (Å²) in [5.41, 5.74) is 0.763. The van der Waals surface area contributed by atoms with Crippen molar-refractivity contribution in [3.05, 3.63) is 29.8 Å². The summed E-state index contributed by atoms with van der Waals surface area (Å²) in [4.78, 5) is 39.1. The van der Waals surface area contributed by atoms with Crippen LogP contribution in [0.5, 0.6) is 5.75 Å². The van der Waals surface area contributed by atoms with E-state index in [9.17, 15) is 14.4 Å². The summed E-state index contributed by atoms with van der Waals surface area (Å²) >= 11 is 0. The molecule has 8 nitrogen and oxygen atoms in total. The molecule has 1 heterocycles. The number of ether oxygens (including phenoxy) is 1. The first-order valence-electron chi connectivity index (χ1n) is 10.6. The zero-order valence-corrected chi connectivity index (χ0v) is 17.7. The van der Waals surface area contributed by atoms with Gasteiger partial charge in [-0.15, -0.1) is 0 Å². The van der Waals surface area contributed by atoms with Crippen LogP contribution >= 0.6 is 0 Å². The summed E-state index contributed by atoms with van der Waals surface area (Å²) in [6, 6.07) is 6.98. The molecule has 1 saturated heterocycles. The van der Waals surface area contributed by atoms with Crippen LogP contribution in [0.1, 0.15) is 43.5 Å². The Kier molecular flexibility index (Phi) is 7.31. The smallest absolute Gasteiger partial charge is 0.405 e. The lowest BCUT2D eigenvalue weighted by molar-refractivity contribution is -0.135. The average molecular weight is 418 g/mol. The number of rotatable bonds is 9. The molecule has 0 aromatic heterocycles. The molecule has 2 N–H and O–H groups in total. The van der Waals surface area contributed by atoms with E-state index >= 15 is 0 Å². The van der Waals surface area contributed by atoms with Gasteiger partial charge in [-0.25, -0.2) is 4.79 Å². The van der Waals surface area contributed by atoms with Crippen molar-refractivity contribution in [2.24, 2.45) is 5.92 Å². The molecule has 164 valence electrons. The van der Waals surface area contributed by atoms with Crippen molar-refractivity contribution in [2.75, 3.05) is 32.8 Å². The number of Topliss-reactive ketones (excluding diaryl/α,β-unsaturated/α-hetero) is 1. The molecule has 1 aliphatic heterocycles. The Morgan fingerprint density at radius 1 is 1.10 bits per heavy atom. The van der Waals surface area contributed by atoms with E-state index in [1.165, 1.54) is 0 Å². The monoisotopic (exact) mass is 417 g/mol. The molecule has 1 aliphatic carbocycles. The third-order valence-corrected chi connectivity index (χ3v) is 5.85. The summed E-state index contributed by atoms with van der Waals surface area (Å²) in [6.07, 6.45) is 1.69. The SMILES string of the molecule is C[C@H](CCOc1ccc(C(=O)C2CC2)cc1)N1CCN(C(=O)[C@@H](C)NC(=O)O)CC1. The van der Waals surface area contributed by atoms with Crippen molar-refractivity contribution in [3.8, 4) is 5.75 Å². The molecule has 2 amide bonds. The van der Waals surface area contributed by atoms with Crippen molar-refractivity contribution < 1.29 is 24.2 Å². The fraction of sp³-hybridized carbons (Fsp3) is 0.591. The van der Waals surface area contributed by atoms with Gasteiger partial charge in [0.1, 0.15) is 11.8 Å². The van der Waals surface area contributed by atoms with E-state index in [0.29, 0.717) is 25.7 Å². The molecule has 1 aromatic carbocycles. The highest BCUT2D eigenvalue weighted by molar-refractivity contribution is 5.99. The zero-order valence-electron chi connectivity index (χ0n) is 17.7. The van der Waals surface area contributed by atoms with Crippen molar-refractivity contribution in [2.45, 2.75) is 45.2 Å². The van der Waals surface area contributed by atoms with Crippen LogP contribution in [0.25, 0.3) is 0 Å². The Morgan fingerprint density at radius 3 is 2.30 bits per heavy atom. The van der Waals surface area contributed by atoms with E-state index in [0.717, 1.165) is 43.7 Å². The number of carbonyl (C=O) groups is 3. The van der Waals surface area contributed by atoms with E-state index in [4.69, 9.17) is 9.84 Å². The van der Waals surface area contributed by atoms with Gasteiger partial charge in [-0.2, -0.15) is 0 Å². The molecule has 1 aromatic rings. The number of nitrogens with zero attached hydrogens (tertiary/aromatic N) is 2. The highest BCUT2D eigenvalue weighted by Gasteiger charge is 2.30. The maximum Gasteiger partial charge on any atom is 0.405 e. The molecule has 3 rings (SSSR count). The first kappa shape index (κ1) is 22.1. The third-order valence-electron chi connectivity index (χ3n) is 5.85. The summed E-state index contributed by atoms with van der Waals surface area (Å²) < 4.78 is 5.84. The number of carbonyl (C=O) groups excluding carboxylic acids is 2. The van der Waals surface area contributed by atoms with Gasteiger partial charge in [0.25, 0.3) is 0 Å². The Bertz CT molecular complexity index is 755. The molecule has 2 atom stereocenters. The maximum atomic E-state index is 12.3. The topological polar surface area (TPSA) is 99.2 Å². The van der Waals surface area contributed by atoms with Crippen molar-refractivity contribution >= 4 is 17.8 Å². The van der Waals surface area contributed by atoms with E-state index in [2.05, 4.69) is 17.1 Å². The van der Waals surface area contributed by atoms with Gasteiger partial charge in [0, 0.05) is 43.7 Å². The molecule has 0 unspecified atom stereocenters. The van der Waals surface area contributed by atoms with Crippen molar-refractivity contribution in [1.29, 1.82) is 0 Å². The highest BCUT2D eigenvalue weighted by atomic mass is 16.5. The number of hydrogen-bond acceptors (Lipinski definition) is 5. The predicted molar refractivity (Wildman–Crippen MR) is 112 cm³/mol.